The minimum absolute atomic E-state index is 0.416. The summed E-state index contributed by atoms with van der Waals surface area (Å²) in [5, 5.41) is 11.7. The molecule has 1 saturated carbocycles. The molecule has 2 rings (SSSR count). The molecule has 0 aliphatic heterocycles. The Morgan fingerprint density at radius 2 is 1.86 bits per heavy atom. The highest BCUT2D eigenvalue weighted by Crippen LogP contribution is 2.33. The molecule has 6 nitrogen and oxygen atoms in total. The molecular formula is C16H21NO5. The van der Waals surface area contributed by atoms with Gasteiger partial charge >= 0.3 is 5.97 Å². The number of amides is 1. The lowest BCUT2D eigenvalue weighted by Crippen LogP contribution is -2.46. The smallest absolute Gasteiger partial charge is 0.326 e. The van der Waals surface area contributed by atoms with Crippen molar-refractivity contribution < 1.29 is 24.2 Å². The third-order valence-electron chi connectivity index (χ3n) is 3.62. The molecule has 1 aliphatic carbocycles. The van der Waals surface area contributed by atoms with E-state index < -0.39 is 24.0 Å². The Hall–Kier alpha value is -2.24. The summed E-state index contributed by atoms with van der Waals surface area (Å²) in [4.78, 5) is 23.2. The Morgan fingerprint density at radius 3 is 2.36 bits per heavy atom. The van der Waals surface area contributed by atoms with Crippen LogP contribution in [0.5, 0.6) is 11.5 Å². The van der Waals surface area contributed by atoms with Gasteiger partial charge in [-0.3, -0.25) is 4.79 Å². The second kappa shape index (κ2) is 7.15. The number of hydrogen-bond donors (Lipinski definition) is 2. The fourth-order valence-corrected chi connectivity index (χ4v) is 2.11. The molecule has 2 unspecified atom stereocenters. The topological polar surface area (TPSA) is 84.9 Å². The van der Waals surface area contributed by atoms with Crippen LogP contribution in [0.1, 0.15) is 26.2 Å². The van der Waals surface area contributed by atoms with Gasteiger partial charge in [-0.05, 0) is 43.5 Å². The number of carbonyl (C=O) groups excluding carboxylic acids is 1. The van der Waals surface area contributed by atoms with Crippen LogP contribution in [0.15, 0.2) is 24.3 Å². The lowest BCUT2D eigenvalue weighted by Gasteiger charge is -2.19. The minimum Gasteiger partial charge on any atom is -0.497 e. The normalized spacial score (nSPS) is 16.5. The van der Waals surface area contributed by atoms with Crippen LogP contribution in [0.4, 0.5) is 0 Å². The molecule has 22 heavy (non-hydrogen) atoms. The van der Waals surface area contributed by atoms with Crippen molar-refractivity contribution in [3.63, 3.8) is 0 Å². The minimum atomic E-state index is -1.00. The zero-order chi connectivity index (χ0) is 16.1. The number of carboxylic acids is 1. The van der Waals surface area contributed by atoms with E-state index in [0.717, 1.165) is 12.8 Å². The van der Waals surface area contributed by atoms with Crippen LogP contribution < -0.4 is 14.8 Å². The van der Waals surface area contributed by atoms with E-state index >= 15 is 0 Å². The molecule has 1 fully saturated rings. The predicted molar refractivity (Wildman–Crippen MR) is 80.0 cm³/mol. The predicted octanol–water partition coefficient (Wildman–Crippen LogP) is 1.83. The quantitative estimate of drug-likeness (QED) is 0.765. The standard InChI is InChI=1S/C16H21NO5/c1-10(22-13-7-5-12(21-2)6-8-13)15(18)17-14(16(19)20)9-11-3-4-11/h5-8,10-11,14H,3-4,9H2,1-2H3,(H,17,18)(H,19,20). The fraction of sp³-hybridized carbons (Fsp3) is 0.500. The zero-order valence-corrected chi connectivity index (χ0v) is 12.7. The Labute approximate surface area is 129 Å². The number of aliphatic carboxylic acids is 1. The van der Waals surface area contributed by atoms with Crippen molar-refractivity contribution >= 4 is 11.9 Å². The maximum Gasteiger partial charge on any atom is 0.326 e. The second-order valence-electron chi connectivity index (χ2n) is 5.51. The van der Waals surface area contributed by atoms with Crippen LogP contribution in [-0.2, 0) is 9.59 Å². The molecule has 6 heteroatoms. The monoisotopic (exact) mass is 307 g/mol. The van der Waals surface area contributed by atoms with Crippen molar-refractivity contribution in [2.24, 2.45) is 5.92 Å². The van der Waals surface area contributed by atoms with Gasteiger partial charge in [0.15, 0.2) is 6.10 Å². The van der Waals surface area contributed by atoms with Gasteiger partial charge in [0.05, 0.1) is 7.11 Å². The highest BCUT2D eigenvalue weighted by Gasteiger charge is 2.31. The van der Waals surface area contributed by atoms with Crippen LogP contribution in [0, 0.1) is 5.92 Å². The van der Waals surface area contributed by atoms with Crippen LogP contribution in [0.2, 0.25) is 0 Å². The molecule has 0 saturated heterocycles. The number of carboxylic acid groups (broad SMARTS) is 1. The molecule has 0 aromatic heterocycles. The first-order chi connectivity index (χ1) is 10.5. The van der Waals surface area contributed by atoms with Gasteiger partial charge in [-0.15, -0.1) is 0 Å². The van der Waals surface area contributed by atoms with Crippen molar-refractivity contribution in [1.29, 1.82) is 0 Å². The molecule has 1 aromatic rings. The molecule has 120 valence electrons. The number of benzene rings is 1. The Kier molecular flexibility index (Phi) is 5.25. The number of nitrogens with one attached hydrogen (secondary N) is 1. The van der Waals surface area contributed by atoms with Gasteiger partial charge in [0.1, 0.15) is 17.5 Å². The molecule has 1 aliphatic rings. The van der Waals surface area contributed by atoms with E-state index in [1.54, 1.807) is 38.3 Å². The third kappa shape index (κ3) is 4.65. The maximum absolute atomic E-state index is 12.1. The highest BCUT2D eigenvalue weighted by molar-refractivity contribution is 5.86. The first-order valence-electron chi connectivity index (χ1n) is 7.33. The Morgan fingerprint density at radius 1 is 1.27 bits per heavy atom. The van der Waals surface area contributed by atoms with Gasteiger partial charge in [-0.25, -0.2) is 4.79 Å². The van der Waals surface area contributed by atoms with Crippen molar-refractivity contribution in [1.82, 2.24) is 5.32 Å². The van der Waals surface area contributed by atoms with Crippen molar-refractivity contribution in [3.05, 3.63) is 24.3 Å². The lowest BCUT2D eigenvalue weighted by atomic mass is 10.1. The number of methoxy groups -OCH3 is 1. The van der Waals surface area contributed by atoms with Crippen molar-refractivity contribution in [2.45, 2.75) is 38.3 Å². The zero-order valence-electron chi connectivity index (χ0n) is 12.7. The van der Waals surface area contributed by atoms with Crippen molar-refractivity contribution in [3.8, 4) is 11.5 Å². The highest BCUT2D eigenvalue weighted by atomic mass is 16.5. The van der Waals surface area contributed by atoms with E-state index in [2.05, 4.69) is 5.32 Å². The van der Waals surface area contributed by atoms with Gasteiger partial charge in [-0.2, -0.15) is 0 Å². The van der Waals surface area contributed by atoms with Crippen LogP contribution in [-0.4, -0.2) is 36.2 Å². The lowest BCUT2D eigenvalue weighted by molar-refractivity contribution is -0.143. The number of carbonyl (C=O) groups is 2. The first kappa shape index (κ1) is 16.1. The third-order valence-corrected chi connectivity index (χ3v) is 3.62. The van der Waals surface area contributed by atoms with Crippen LogP contribution in [0.3, 0.4) is 0 Å². The van der Waals surface area contributed by atoms with Crippen molar-refractivity contribution in [2.75, 3.05) is 7.11 Å². The van der Waals surface area contributed by atoms with E-state index in [1.807, 2.05) is 0 Å². The molecule has 2 atom stereocenters. The molecule has 0 spiro atoms. The number of rotatable bonds is 8. The largest absolute Gasteiger partial charge is 0.497 e. The average molecular weight is 307 g/mol. The molecule has 0 radical (unpaired) electrons. The van der Waals surface area contributed by atoms with E-state index in [9.17, 15) is 9.59 Å². The van der Waals surface area contributed by atoms with E-state index in [4.69, 9.17) is 14.6 Å². The molecule has 2 N–H and O–H groups in total. The SMILES string of the molecule is COc1ccc(OC(C)C(=O)NC(CC2CC2)C(=O)O)cc1. The number of ether oxygens (including phenoxy) is 2. The summed E-state index contributed by atoms with van der Waals surface area (Å²) < 4.78 is 10.6. The Balaban J connectivity index is 1.87. The van der Waals surface area contributed by atoms with Gasteiger partial charge < -0.3 is 19.9 Å². The molecule has 1 aromatic carbocycles. The van der Waals surface area contributed by atoms with Crippen LogP contribution >= 0.6 is 0 Å². The Bertz CT molecular complexity index is 524. The molecule has 0 bridgehead atoms. The summed E-state index contributed by atoms with van der Waals surface area (Å²) >= 11 is 0. The molecule has 0 heterocycles. The summed E-state index contributed by atoms with van der Waals surface area (Å²) in [5.41, 5.74) is 0. The summed E-state index contributed by atoms with van der Waals surface area (Å²) in [7, 11) is 1.57. The number of hydrogen-bond acceptors (Lipinski definition) is 4. The maximum atomic E-state index is 12.1. The van der Waals surface area contributed by atoms with Gasteiger partial charge in [-0.1, -0.05) is 12.8 Å². The van der Waals surface area contributed by atoms with E-state index in [0.29, 0.717) is 23.8 Å². The van der Waals surface area contributed by atoms with E-state index in [-0.39, 0.29) is 0 Å². The molecular weight excluding hydrogens is 286 g/mol. The summed E-state index contributed by atoms with van der Waals surface area (Å²) in [6.45, 7) is 1.59. The van der Waals surface area contributed by atoms with Gasteiger partial charge in [0, 0.05) is 0 Å². The first-order valence-corrected chi connectivity index (χ1v) is 7.33. The van der Waals surface area contributed by atoms with Gasteiger partial charge in [0.2, 0.25) is 0 Å². The summed E-state index contributed by atoms with van der Waals surface area (Å²) in [6, 6.07) is 6.00. The second-order valence-corrected chi connectivity index (χ2v) is 5.51. The van der Waals surface area contributed by atoms with E-state index in [1.165, 1.54) is 0 Å². The summed E-state index contributed by atoms with van der Waals surface area (Å²) in [6.07, 6.45) is 1.79. The average Bonchev–Trinajstić information content (AvgIpc) is 3.31. The van der Waals surface area contributed by atoms with Crippen LogP contribution in [0.25, 0.3) is 0 Å². The molecule has 1 amide bonds. The summed E-state index contributed by atoms with van der Waals surface area (Å²) in [5.74, 6) is 0.206. The fourth-order valence-electron chi connectivity index (χ4n) is 2.11. The van der Waals surface area contributed by atoms with Gasteiger partial charge in [0.25, 0.3) is 5.91 Å².